The third kappa shape index (κ3) is 2.89. The molecule has 2 N–H and O–H groups in total. The van der Waals surface area contributed by atoms with E-state index in [1.54, 1.807) is 23.4 Å². The number of nitrogens with one attached hydrogen (secondary N) is 2. The van der Waals surface area contributed by atoms with Crippen molar-refractivity contribution in [3.63, 3.8) is 0 Å². The van der Waals surface area contributed by atoms with Crippen LogP contribution in [0.2, 0.25) is 0 Å². The first kappa shape index (κ1) is 11.7. The van der Waals surface area contributed by atoms with E-state index in [2.05, 4.69) is 15.5 Å². The van der Waals surface area contributed by atoms with Crippen molar-refractivity contribution in [2.24, 2.45) is 7.05 Å². The van der Waals surface area contributed by atoms with Crippen LogP contribution in [0, 0.1) is 0 Å². The summed E-state index contributed by atoms with van der Waals surface area (Å²) in [7, 11) is 1.74. The summed E-state index contributed by atoms with van der Waals surface area (Å²) in [6, 6.07) is 0.650. The predicted octanol–water partition coefficient (Wildman–Crippen LogP) is 0.733. The molecular weight excluding hydrogens is 224 g/mol. The van der Waals surface area contributed by atoms with Gasteiger partial charge in [0.25, 0.3) is 0 Å². The Morgan fingerprint density at radius 2 is 2.44 bits per heavy atom. The highest BCUT2D eigenvalue weighted by Gasteiger charge is 2.12. The van der Waals surface area contributed by atoms with Crippen LogP contribution in [-0.4, -0.2) is 33.1 Å². The van der Waals surface area contributed by atoms with Gasteiger partial charge in [0, 0.05) is 18.8 Å². The highest BCUT2D eigenvalue weighted by atomic mass is 32.2. The van der Waals surface area contributed by atoms with Crippen LogP contribution in [0.4, 0.5) is 0 Å². The molecule has 2 heterocycles. The molecular formula is C10H18N4OS. The normalized spacial score (nSPS) is 21.2. The second-order valence-electron chi connectivity index (χ2n) is 4.15. The van der Waals surface area contributed by atoms with Gasteiger partial charge >= 0.3 is 5.69 Å². The molecule has 1 atom stereocenters. The zero-order valence-electron chi connectivity index (χ0n) is 9.53. The summed E-state index contributed by atoms with van der Waals surface area (Å²) in [4.78, 5) is 11.1. The third-order valence-electron chi connectivity index (χ3n) is 2.95. The van der Waals surface area contributed by atoms with Gasteiger partial charge < -0.3 is 5.32 Å². The third-order valence-corrected chi connectivity index (χ3v) is 4.01. The first-order chi connectivity index (χ1) is 7.77. The first-order valence-electron chi connectivity index (χ1n) is 5.75. The summed E-state index contributed by atoms with van der Waals surface area (Å²) in [5.74, 6) is 1.01. The van der Waals surface area contributed by atoms with Crippen LogP contribution in [0.1, 0.15) is 25.7 Å². The fourth-order valence-corrected chi connectivity index (χ4v) is 2.90. The van der Waals surface area contributed by atoms with Crippen LogP contribution in [0.15, 0.2) is 9.95 Å². The zero-order valence-corrected chi connectivity index (χ0v) is 10.3. The van der Waals surface area contributed by atoms with Crippen LogP contribution < -0.4 is 11.0 Å². The lowest BCUT2D eigenvalue weighted by Crippen LogP contribution is -2.34. The molecule has 0 aliphatic carbocycles. The number of H-pyrrole nitrogens is 1. The highest BCUT2D eigenvalue weighted by Crippen LogP contribution is 2.17. The summed E-state index contributed by atoms with van der Waals surface area (Å²) in [5, 5.41) is 10.7. The summed E-state index contributed by atoms with van der Waals surface area (Å²) in [6.45, 7) is 1.15. The van der Waals surface area contributed by atoms with Crippen LogP contribution >= 0.6 is 11.8 Å². The molecule has 5 nitrogen and oxygen atoms in total. The maximum Gasteiger partial charge on any atom is 0.343 e. The average Bonchev–Trinajstić information content (AvgIpc) is 2.62. The minimum absolute atomic E-state index is 0.140. The van der Waals surface area contributed by atoms with E-state index in [1.165, 1.54) is 19.3 Å². The van der Waals surface area contributed by atoms with Gasteiger partial charge in [-0.15, -0.1) is 5.10 Å². The monoisotopic (exact) mass is 242 g/mol. The molecule has 0 radical (unpaired) electrons. The average molecular weight is 242 g/mol. The van der Waals surface area contributed by atoms with Gasteiger partial charge in [0.2, 0.25) is 0 Å². The Hall–Kier alpha value is -0.750. The molecule has 0 aromatic carbocycles. The molecule has 0 bridgehead atoms. The van der Waals surface area contributed by atoms with Gasteiger partial charge in [-0.25, -0.2) is 9.89 Å². The Bertz CT molecular complexity index is 380. The molecule has 1 fully saturated rings. The molecule has 1 aliphatic rings. The van der Waals surface area contributed by atoms with Crippen molar-refractivity contribution in [2.75, 3.05) is 12.3 Å². The van der Waals surface area contributed by atoms with Crippen molar-refractivity contribution < 1.29 is 0 Å². The number of thioether (sulfide) groups is 1. The molecule has 1 aromatic rings. The Morgan fingerprint density at radius 3 is 3.06 bits per heavy atom. The van der Waals surface area contributed by atoms with Gasteiger partial charge in [-0.05, 0) is 25.8 Å². The fourth-order valence-electron chi connectivity index (χ4n) is 1.92. The lowest BCUT2D eigenvalue weighted by atomic mass is 10.0. The van der Waals surface area contributed by atoms with E-state index in [-0.39, 0.29) is 5.69 Å². The fraction of sp³-hybridized carbons (Fsp3) is 0.800. The van der Waals surface area contributed by atoms with E-state index in [0.717, 1.165) is 23.9 Å². The molecule has 1 unspecified atom stereocenters. The lowest BCUT2D eigenvalue weighted by Gasteiger charge is -2.22. The SMILES string of the molecule is Cn1c(SCCC2CCCCN2)n[nH]c1=O. The molecule has 2 rings (SSSR count). The summed E-state index contributed by atoms with van der Waals surface area (Å²) >= 11 is 1.64. The van der Waals surface area contributed by atoms with Crippen LogP contribution in [0.5, 0.6) is 0 Å². The Labute approximate surface area is 99.0 Å². The molecule has 16 heavy (non-hydrogen) atoms. The second-order valence-corrected chi connectivity index (χ2v) is 5.22. The van der Waals surface area contributed by atoms with Crippen molar-refractivity contribution in [1.29, 1.82) is 0 Å². The van der Waals surface area contributed by atoms with Gasteiger partial charge in [0.15, 0.2) is 5.16 Å². The van der Waals surface area contributed by atoms with Crippen LogP contribution in [0.25, 0.3) is 0 Å². The number of hydrogen-bond donors (Lipinski definition) is 2. The van der Waals surface area contributed by atoms with Gasteiger partial charge in [0.1, 0.15) is 0 Å². The van der Waals surface area contributed by atoms with Crippen molar-refractivity contribution in [3.05, 3.63) is 10.5 Å². The Morgan fingerprint density at radius 1 is 1.56 bits per heavy atom. The van der Waals surface area contributed by atoms with Gasteiger partial charge in [-0.3, -0.25) is 4.57 Å². The van der Waals surface area contributed by atoms with Gasteiger partial charge in [-0.2, -0.15) is 0 Å². The number of rotatable bonds is 4. The molecule has 1 saturated heterocycles. The van der Waals surface area contributed by atoms with E-state index in [0.29, 0.717) is 6.04 Å². The quantitative estimate of drug-likeness (QED) is 0.764. The van der Waals surface area contributed by atoms with Crippen LogP contribution in [0.3, 0.4) is 0 Å². The lowest BCUT2D eigenvalue weighted by molar-refractivity contribution is 0.394. The maximum atomic E-state index is 11.1. The number of aromatic amines is 1. The minimum Gasteiger partial charge on any atom is -0.314 e. The number of aromatic nitrogens is 3. The smallest absolute Gasteiger partial charge is 0.314 e. The Kier molecular flexibility index (Phi) is 4.06. The summed E-state index contributed by atoms with van der Waals surface area (Å²) in [6.07, 6.45) is 5.06. The zero-order chi connectivity index (χ0) is 11.4. The molecule has 1 aromatic heterocycles. The predicted molar refractivity (Wildman–Crippen MR) is 64.8 cm³/mol. The largest absolute Gasteiger partial charge is 0.343 e. The number of piperidine rings is 1. The van der Waals surface area contributed by atoms with Crippen molar-refractivity contribution >= 4 is 11.8 Å². The Balaban J connectivity index is 1.75. The second kappa shape index (κ2) is 5.54. The molecule has 6 heteroatoms. The van der Waals surface area contributed by atoms with E-state index < -0.39 is 0 Å². The molecule has 0 spiro atoms. The standard InChI is InChI=1S/C10H18N4OS/c1-14-9(15)12-13-10(14)16-7-5-8-4-2-3-6-11-8/h8,11H,2-7H2,1H3,(H,12,15). The highest BCUT2D eigenvalue weighted by molar-refractivity contribution is 7.99. The first-order valence-corrected chi connectivity index (χ1v) is 6.73. The van der Waals surface area contributed by atoms with E-state index >= 15 is 0 Å². The molecule has 0 amide bonds. The maximum absolute atomic E-state index is 11.1. The van der Waals surface area contributed by atoms with Gasteiger partial charge in [0.05, 0.1) is 0 Å². The van der Waals surface area contributed by atoms with E-state index in [9.17, 15) is 4.79 Å². The number of hydrogen-bond acceptors (Lipinski definition) is 4. The van der Waals surface area contributed by atoms with Crippen molar-refractivity contribution in [3.8, 4) is 0 Å². The summed E-state index contributed by atoms with van der Waals surface area (Å²) in [5.41, 5.74) is -0.140. The van der Waals surface area contributed by atoms with E-state index in [4.69, 9.17) is 0 Å². The van der Waals surface area contributed by atoms with Crippen LogP contribution in [-0.2, 0) is 7.05 Å². The molecule has 90 valence electrons. The van der Waals surface area contributed by atoms with Gasteiger partial charge in [-0.1, -0.05) is 18.2 Å². The molecule has 0 saturated carbocycles. The van der Waals surface area contributed by atoms with Crippen molar-refractivity contribution in [2.45, 2.75) is 36.9 Å². The number of nitrogens with zero attached hydrogens (tertiary/aromatic N) is 2. The molecule has 1 aliphatic heterocycles. The summed E-state index contributed by atoms with van der Waals surface area (Å²) < 4.78 is 1.55. The minimum atomic E-state index is -0.140. The van der Waals surface area contributed by atoms with E-state index in [1.807, 2.05) is 0 Å². The topological polar surface area (TPSA) is 62.7 Å². The van der Waals surface area contributed by atoms with Crippen molar-refractivity contribution in [1.82, 2.24) is 20.1 Å².